The van der Waals surface area contributed by atoms with E-state index in [2.05, 4.69) is 10.3 Å². The molecule has 5 nitrogen and oxygen atoms in total. The van der Waals surface area contributed by atoms with E-state index in [4.69, 9.17) is 0 Å². The lowest BCUT2D eigenvalue weighted by Gasteiger charge is -2.32. The number of aromatic nitrogens is 1. The normalized spacial score (nSPS) is 16.0. The van der Waals surface area contributed by atoms with Crippen molar-refractivity contribution in [3.05, 3.63) is 30.1 Å². The fourth-order valence-corrected chi connectivity index (χ4v) is 2.67. The molecular formula is C16H20F3N3O2. The molecule has 1 aliphatic rings. The molecule has 0 spiro atoms. The number of piperidine rings is 1. The molecule has 2 amide bonds. The summed E-state index contributed by atoms with van der Waals surface area (Å²) in [5.41, 5.74) is 0.978. The zero-order valence-corrected chi connectivity index (χ0v) is 13.2. The van der Waals surface area contributed by atoms with E-state index in [1.807, 2.05) is 12.1 Å². The number of hydrogen-bond acceptors (Lipinski definition) is 3. The van der Waals surface area contributed by atoms with Gasteiger partial charge in [0.05, 0.1) is 0 Å². The molecule has 0 saturated carbocycles. The van der Waals surface area contributed by atoms with Gasteiger partial charge in [-0.25, -0.2) is 0 Å². The van der Waals surface area contributed by atoms with Crippen molar-refractivity contribution in [3.63, 3.8) is 0 Å². The molecule has 0 unspecified atom stereocenters. The van der Waals surface area contributed by atoms with Crippen molar-refractivity contribution >= 4 is 11.8 Å². The van der Waals surface area contributed by atoms with E-state index in [-0.39, 0.29) is 24.9 Å². The zero-order valence-electron chi connectivity index (χ0n) is 13.2. The molecule has 2 rings (SSSR count). The van der Waals surface area contributed by atoms with Crippen LogP contribution in [0.3, 0.4) is 0 Å². The number of alkyl halides is 3. The smallest absolute Gasteiger partial charge is 0.356 e. The summed E-state index contributed by atoms with van der Waals surface area (Å²) >= 11 is 0. The van der Waals surface area contributed by atoms with Gasteiger partial charge in [0.25, 0.3) is 0 Å². The molecule has 132 valence electrons. The lowest BCUT2D eigenvalue weighted by atomic mass is 9.96. The molecule has 1 aliphatic heterocycles. The van der Waals surface area contributed by atoms with E-state index >= 15 is 0 Å². The van der Waals surface area contributed by atoms with Gasteiger partial charge in [0.15, 0.2) is 0 Å². The van der Waals surface area contributed by atoms with Crippen molar-refractivity contribution < 1.29 is 22.8 Å². The molecule has 1 saturated heterocycles. The van der Waals surface area contributed by atoms with Crippen LogP contribution in [0, 0.1) is 5.92 Å². The predicted molar refractivity (Wildman–Crippen MR) is 80.9 cm³/mol. The van der Waals surface area contributed by atoms with Crippen molar-refractivity contribution in [2.45, 2.75) is 31.9 Å². The Morgan fingerprint density at radius 2 is 2.00 bits per heavy atom. The van der Waals surface area contributed by atoms with Gasteiger partial charge >= 0.3 is 12.1 Å². The number of halogens is 3. The van der Waals surface area contributed by atoms with Crippen molar-refractivity contribution in [1.29, 1.82) is 0 Å². The van der Waals surface area contributed by atoms with Gasteiger partial charge in [-0.2, -0.15) is 13.2 Å². The topological polar surface area (TPSA) is 62.3 Å². The second-order valence-electron chi connectivity index (χ2n) is 5.90. The highest BCUT2D eigenvalue weighted by atomic mass is 19.4. The Kier molecular flexibility index (Phi) is 6.16. The minimum Gasteiger partial charge on any atom is -0.356 e. The van der Waals surface area contributed by atoms with Crippen LogP contribution in [0.4, 0.5) is 13.2 Å². The van der Waals surface area contributed by atoms with Crippen molar-refractivity contribution in [3.8, 4) is 0 Å². The Hall–Kier alpha value is -2.12. The number of nitrogens with one attached hydrogen (secondary N) is 1. The highest BCUT2D eigenvalue weighted by molar-refractivity contribution is 5.81. The van der Waals surface area contributed by atoms with Crippen LogP contribution in [0.2, 0.25) is 0 Å². The molecule has 0 aromatic carbocycles. The number of aryl methyl sites for hydroxylation is 1. The summed E-state index contributed by atoms with van der Waals surface area (Å²) in [6, 6.07) is 3.71. The predicted octanol–water partition coefficient (Wildman–Crippen LogP) is 1.93. The second kappa shape index (κ2) is 8.12. The number of nitrogens with zero attached hydrogens (tertiary/aromatic N) is 2. The quantitative estimate of drug-likeness (QED) is 0.889. The van der Waals surface area contributed by atoms with Crippen LogP contribution in [0.1, 0.15) is 24.8 Å². The summed E-state index contributed by atoms with van der Waals surface area (Å²) in [7, 11) is 0. The molecular weight excluding hydrogens is 323 g/mol. The number of carbonyl (C=O) groups excluding carboxylic acids is 2. The SMILES string of the molecule is O=C(CCc1cccnc1)NCC1CCN(C(=O)C(F)(F)F)CC1. The molecule has 1 N–H and O–H groups in total. The molecule has 8 heteroatoms. The number of likely N-dealkylation sites (tertiary alicyclic amines) is 1. The average molecular weight is 343 g/mol. The Morgan fingerprint density at radius 1 is 1.29 bits per heavy atom. The number of amides is 2. The second-order valence-corrected chi connectivity index (χ2v) is 5.90. The summed E-state index contributed by atoms with van der Waals surface area (Å²) in [6.45, 7) is 0.586. The minimum absolute atomic E-state index is 0.0779. The molecule has 1 fully saturated rings. The summed E-state index contributed by atoms with van der Waals surface area (Å²) in [4.78, 5) is 27.8. The molecule has 1 aromatic rings. The van der Waals surface area contributed by atoms with E-state index in [1.165, 1.54) is 0 Å². The van der Waals surface area contributed by atoms with Gasteiger partial charge in [-0.05, 0) is 36.8 Å². The van der Waals surface area contributed by atoms with E-state index in [0.29, 0.717) is 32.2 Å². The van der Waals surface area contributed by atoms with Gasteiger partial charge in [-0.15, -0.1) is 0 Å². The third kappa shape index (κ3) is 5.50. The van der Waals surface area contributed by atoms with E-state index in [1.54, 1.807) is 12.4 Å². The van der Waals surface area contributed by atoms with Gasteiger partial charge in [0.1, 0.15) is 0 Å². The van der Waals surface area contributed by atoms with Crippen molar-refractivity contribution in [2.75, 3.05) is 19.6 Å². The van der Waals surface area contributed by atoms with Crippen LogP contribution in [-0.2, 0) is 16.0 Å². The fraction of sp³-hybridized carbons (Fsp3) is 0.562. The highest BCUT2D eigenvalue weighted by Crippen LogP contribution is 2.23. The Labute approximate surface area is 138 Å². The monoisotopic (exact) mass is 343 g/mol. The first kappa shape index (κ1) is 18.2. The van der Waals surface area contributed by atoms with Gasteiger partial charge in [-0.3, -0.25) is 14.6 Å². The summed E-state index contributed by atoms with van der Waals surface area (Å²) in [6.07, 6.45) is 0.429. The first-order chi connectivity index (χ1) is 11.4. The van der Waals surface area contributed by atoms with E-state index in [9.17, 15) is 22.8 Å². The molecule has 0 bridgehead atoms. The molecule has 1 aromatic heterocycles. The van der Waals surface area contributed by atoms with Crippen molar-refractivity contribution in [1.82, 2.24) is 15.2 Å². The van der Waals surface area contributed by atoms with Gasteiger partial charge in [0.2, 0.25) is 5.91 Å². The molecule has 24 heavy (non-hydrogen) atoms. The lowest BCUT2D eigenvalue weighted by molar-refractivity contribution is -0.186. The maximum atomic E-state index is 12.4. The average Bonchev–Trinajstić information content (AvgIpc) is 2.58. The largest absolute Gasteiger partial charge is 0.471 e. The van der Waals surface area contributed by atoms with Gasteiger partial charge in [0, 0.05) is 38.4 Å². The standard InChI is InChI=1S/C16H20F3N3O2/c17-16(18,19)15(24)22-8-5-13(6-9-22)11-21-14(23)4-3-12-2-1-7-20-10-12/h1-2,7,10,13H,3-6,8-9,11H2,(H,21,23). The van der Waals surface area contributed by atoms with Gasteiger partial charge < -0.3 is 10.2 Å². The third-order valence-corrected chi connectivity index (χ3v) is 4.10. The highest BCUT2D eigenvalue weighted by Gasteiger charge is 2.43. The summed E-state index contributed by atoms with van der Waals surface area (Å²) in [5, 5.41) is 2.81. The van der Waals surface area contributed by atoms with Crippen LogP contribution in [0.15, 0.2) is 24.5 Å². The third-order valence-electron chi connectivity index (χ3n) is 4.10. The van der Waals surface area contributed by atoms with E-state index < -0.39 is 12.1 Å². The van der Waals surface area contributed by atoms with Crippen LogP contribution < -0.4 is 5.32 Å². The van der Waals surface area contributed by atoms with Crippen LogP contribution in [0.25, 0.3) is 0 Å². The van der Waals surface area contributed by atoms with Crippen LogP contribution in [-0.4, -0.2) is 47.5 Å². The Morgan fingerprint density at radius 3 is 2.58 bits per heavy atom. The number of carbonyl (C=O) groups is 2. The first-order valence-corrected chi connectivity index (χ1v) is 7.88. The first-order valence-electron chi connectivity index (χ1n) is 7.88. The number of pyridine rings is 1. The molecule has 0 aliphatic carbocycles. The Balaban J connectivity index is 1.65. The van der Waals surface area contributed by atoms with E-state index in [0.717, 1.165) is 10.5 Å². The minimum atomic E-state index is -4.81. The van der Waals surface area contributed by atoms with Crippen LogP contribution >= 0.6 is 0 Å². The maximum absolute atomic E-state index is 12.4. The maximum Gasteiger partial charge on any atom is 0.471 e. The molecule has 0 atom stereocenters. The fourth-order valence-electron chi connectivity index (χ4n) is 2.67. The van der Waals surface area contributed by atoms with Crippen LogP contribution in [0.5, 0.6) is 0 Å². The zero-order chi connectivity index (χ0) is 17.6. The summed E-state index contributed by atoms with van der Waals surface area (Å²) in [5.74, 6) is -1.77. The van der Waals surface area contributed by atoms with Gasteiger partial charge in [-0.1, -0.05) is 6.07 Å². The lowest BCUT2D eigenvalue weighted by Crippen LogP contribution is -2.46. The Bertz CT molecular complexity index is 555. The van der Waals surface area contributed by atoms with Crippen molar-refractivity contribution in [2.24, 2.45) is 5.92 Å². The molecule has 0 radical (unpaired) electrons. The molecule has 2 heterocycles. The number of rotatable bonds is 5. The summed E-state index contributed by atoms with van der Waals surface area (Å²) < 4.78 is 37.1. The number of hydrogen-bond donors (Lipinski definition) is 1.